The second-order valence-electron chi connectivity index (χ2n) is 10.5. The van der Waals surface area contributed by atoms with Gasteiger partial charge < -0.3 is 10.6 Å². The lowest BCUT2D eigenvalue weighted by Crippen LogP contribution is -2.51. The molecule has 1 aromatic rings. The number of hydrogen-bond donors (Lipinski definition) is 3. The van der Waals surface area contributed by atoms with Gasteiger partial charge in [-0.25, -0.2) is 17.9 Å². The van der Waals surface area contributed by atoms with E-state index in [1.54, 1.807) is 12.3 Å². The fraction of sp³-hybridized carbons (Fsp3) is 0.714. The molecule has 2 saturated carbocycles. The van der Waals surface area contributed by atoms with Gasteiger partial charge in [0.1, 0.15) is 4.90 Å². The number of sulfonamides is 1. The number of amides is 2. The van der Waals surface area contributed by atoms with E-state index in [4.69, 9.17) is 0 Å². The third kappa shape index (κ3) is 5.62. The lowest BCUT2D eigenvalue weighted by Gasteiger charge is -2.33. The van der Waals surface area contributed by atoms with Crippen molar-refractivity contribution >= 4 is 21.7 Å². The van der Waals surface area contributed by atoms with Crippen molar-refractivity contribution in [2.24, 2.45) is 17.3 Å². The van der Waals surface area contributed by atoms with Crippen molar-refractivity contribution in [2.75, 3.05) is 5.32 Å². The summed E-state index contributed by atoms with van der Waals surface area (Å²) in [4.78, 5) is 16.4. The number of nitrogens with one attached hydrogen (secondary N) is 3. The lowest BCUT2D eigenvalue weighted by atomic mass is 9.82. The Morgan fingerprint density at radius 1 is 1.17 bits per heavy atom. The summed E-state index contributed by atoms with van der Waals surface area (Å²) in [5.74, 6) is 1.34. The average molecular weight is 423 g/mol. The Hall–Kier alpha value is -1.83. The van der Waals surface area contributed by atoms with Crippen LogP contribution in [0.2, 0.25) is 0 Å². The standard InChI is InChI=1S/C21H34N4O3S/c1-20(2,3)13-21(4,5)24-19(26)25-29(27,28)18-12-22-9-8-16(18)23-17-11-14-6-7-15(17)10-14/h8-9,12,14-15,17H,6-7,10-11,13H2,1-5H3,(H,22,23)(H2,24,25,26)/t14-,15+,17+/m0/s1. The van der Waals surface area contributed by atoms with Crippen LogP contribution in [0.4, 0.5) is 10.5 Å². The molecule has 1 heterocycles. The highest BCUT2D eigenvalue weighted by Gasteiger charge is 2.40. The molecule has 0 radical (unpaired) electrons. The summed E-state index contributed by atoms with van der Waals surface area (Å²) in [6.07, 6.45) is 8.33. The van der Waals surface area contributed by atoms with Gasteiger partial charge in [0.25, 0.3) is 10.0 Å². The van der Waals surface area contributed by atoms with Crippen molar-refractivity contribution in [2.45, 2.75) is 83.2 Å². The van der Waals surface area contributed by atoms with Crippen LogP contribution in [0, 0.1) is 17.3 Å². The van der Waals surface area contributed by atoms with Crippen molar-refractivity contribution in [1.29, 1.82) is 0 Å². The summed E-state index contributed by atoms with van der Waals surface area (Å²) >= 11 is 0. The number of anilines is 1. The molecule has 3 N–H and O–H groups in total. The molecule has 0 unspecified atom stereocenters. The van der Waals surface area contributed by atoms with Gasteiger partial charge in [-0.2, -0.15) is 0 Å². The van der Waals surface area contributed by atoms with Gasteiger partial charge in [-0.15, -0.1) is 0 Å². The van der Waals surface area contributed by atoms with Crippen LogP contribution in [0.5, 0.6) is 0 Å². The molecule has 0 aliphatic heterocycles. The fourth-order valence-corrected chi connectivity index (χ4v) is 6.24. The highest BCUT2D eigenvalue weighted by Crippen LogP contribution is 2.45. The maximum atomic E-state index is 12.9. The normalized spacial score (nSPS) is 24.4. The number of nitrogens with zero attached hydrogens (tertiary/aromatic N) is 1. The van der Waals surface area contributed by atoms with E-state index in [2.05, 4.69) is 41.1 Å². The topological polar surface area (TPSA) is 100 Å². The van der Waals surface area contributed by atoms with Crippen molar-refractivity contribution in [1.82, 2.24) is 15.0 Å². The predicted molar refractivity (Wildman–Crippen MR) is 114 cm³/mol. The second kappa shape index (κ2) is 7.78. The molecule has 2 bridgehead atoms. The van der Waals surface area contributed by atoms with E-state index in [9.17, 15) is 13.2 Å². The second-order valence-corrected chi connectivity index (χ2v) is 12.1. The van der Waals surface area contributed by atoms with Crippen LogP contribution in [0.3, 0.4) is 0 Å². The van der Waals surface area contributed by atoms with Gasteiger partial charge in [0.2, 0.25) is 0 Å². The van der Waals surface area contributed by atoms with Crippen LogP contribution < -0.4 is 15.4 Å². The highest BCUT2D eigenvalue weighted by atomic mass is 32.2. The molecule has 2 amide bonds. The van der Waals surface area contributed by atoms with E-state index in [0.29, 0.717) is 18.0 Å². The first-order valence-electron chi connectivity index (χ1n) is 10.4. The number of urea groups is 1. The van der Waals surface area contributed by atoms with Crippen molar-refractivity contribution in [3.63, 3.8) is 0 Å². The van der Waals surface area contributed by atoms with E-state index in [0.717, 1.165) is 12.3 Å². The number of rotatable bonds is 6. The molecule has 8 heteroatoms. The Labute approximate surface area is 174 Å². The molecule has 0 saturated heterocycles. The lowest BCUT2D eigenvalue weighted by molar-refractivity contribution is 0.215. The molecule has 0 spiro atoms. The van der Waals surface area contributed by atoms with Gasteiger partial charge in [0, 0.05) is 24.0 Å². The van der Waals surface area contributed by atoms with E-state index >= 15 is 0 Å². The number of fused-ring (bicyclic) bond motifs is 2. The largest absolute Gasteiger partial charge is 0.381 e. The first-order chi connectivity index (χ1) is 13.3. The minimum Gasteiger partial charge on any atom is -0.381 e. The molecule has 2 aliphatic carbocycles. The number of hydrogen-bond acceptors (Lipinski definition) is 5. The van der Waals surface area contributed by atoms with Gasteiger partial charge >= 0.3 is 6.03 Å². The molecular formula is C21H34N4O3S. The molecule has 0 aromatic carbocycles. The zero-order valence-corrected chi connectivity index (χ0v) is 18.9. The molecular weight excluding hydrogens is 388 g/mol. The van der Waals surface area contributed by atoms with Crippen LogP contribution in [0.25, 0.3) is 0 Å². The summed E-state index contributed by atoms with van der Waals surface area (Å²) in [6, 6.07) is 1.22. The number of pyridine rings is 1. The summed E-state index contributed by atoms with van der Waals surface area (Å²) in [5.41, 5.74) is -0.0416. The average Bonchev–Trinajstić information content (AvgIpc) is 3.14. The van der Waals surface area contributed by atoms with E-state index in [1.165, 1.54) is 25.5 Å². The van der Waals surface area contributed by atoms with Gasteiger partial charge in [0.15, 0.2) is 0 Å². The summed E-state index contributed by atoms with van der Waals surface area (Å²) in [7, 11) is -4.05. The quantitative estimate of drug-likeness (QED) is 0.646. The molecule has 2 fully saturated rings. The first kappa shape index (κ1) is 21.9. The van der Waals surface area contributed by atoms with Crippen LogP contribution in [-0.4, -0.2) is 31.0 Å². The molecule has 3 rings (SSSR count). The van der Waals surface area contributed by atoms with Crippen molar-refractivity contribution < 1.29 is 13.2 Å². The van der Waals surface area contributed by atoms with E-state index in [1.807, 2.05) is 13.8 Å². The highest BCUT2D eigenvalue weighted by molar-refractivity contribution is 7.90. The fourth-order valence-electron chi connectivity index (χ4n) is 5.21. The van der Waals surface area contributed by atoms with Crippen LogP contribution >= 0.6 is 0 Å². The number of carbonyl (C=O) groups is 1. The Kier molecular flexibility index (Phi) is 5.87. The minimum atomic E-state index is -4.05. The summed E-state index contributed by atoms with van der Waals surface area (Å²) in [5, 5.41) is 6.19. The van der Waals surface area contributed by atoms with Crippen LogP contribution in [0.15, 0.2) is 23.4 Å². The van der Waals surface area contributed by atoms with Gasteiger partial charge in [0.05, 0.1) is 5.69 Å². The maximum absolute atomic E-state index is 12.9. The minimum absolute atomic E-state index is 0.00321. The smallest absolute Gasteiger partial charge is 0.329 e. The maximum Gasteiger partial charge on any atom is 0.329 e. The van der Waals surface area contributed by atoms with E-state index < -0.39 is 21.6 Å². The molecule has 1 aromatic heterocycles. The van der Waals surface area contributed by atoms with Crippen molar-refractivity contribution in [3.8, 4) is 0 Å². The third-order valence-electron chi connectivity index (χ3n) is 5.80. The van der Waals surface area contributed by atoms with Crippen LogP contribution in [-0.2, 0) is 10.0 Å². The summed E-state index contributed by atoms with van der Waals surface area (Å²) < 4.78 is 28.0. The van der Waals surface area contributed by atoms with Crippen LogP contribution in [0.1, 0.15) is 66.7 Å². The Bertz CT molecular complexity index is 861. The third-order valence-corrected chi connectivity index (χ3v) is 7.16. The summed E-state index contributed by atoms with van der Waals surface area (Å²) in [6.45, 7) is 10.0. The van der Waals surface area contributed by atoms with Gasteiger partial charge in [-0.05, 0) is 62.8 Å². The first-order valence-corrected chi connectivity index (χ1v) is 11.9. The van der Waals surface area contributed by atoms with Crippen molar-refractivity contribution in [3.05, 3.63) is 18.5 Å². The molecule has 2 aliphatic rings. The van der Waals surface area contributed by atoms with Gasteiger partial charge in [-0.3, -0.25) is 4.98 Å². The molecule has 7 nitrogen and oxygen atoms in total. The molecule has 162 valence electrons. The molecule has 3 atom stereocenters. The Morgan fingerprint density at radius 2 is 1.90 bits per heavy atom. The number of aromatic nitrogens is 1. The zero-order valence-electron chi connectivity index (χ0n) is 18.1. The number of carbonyl (C=O) groups excluding carboxylic acids is 1. The Morgan fingerprint density at radius 3 is 2.48 bits per heavy atom. The zero-order chi connectivity index (χ0) is 21.4. The predicted octanol–water partition coefficient (Wildman–Crippen LogP) is 3.88. The monoisotopic (exact) mass is 422 g/mol. The van der Waals surface area contributed by atoms with Gasteiger partial charge in [-0.1, -0.05) is 27.2 Å². The van der Waals surface area contributed by atoms with E-state index in [-0.39, 0.29) is 16.4 Å². The molecule has 29 heavy (non-hydrogen) atoms. The Balaban J connectivity index is 1.70. The SMILES string of the molecule is CC(C)(C)CC(C)(C)NC(=O)NS(=O)(=O)c1cnccc1N[C@@H]1C[C@H]2CC[C@@H]1C2.